The molecular weight excluding hydrogens is 378 g/mol. The summed E-state index contributed by atoms with van der Waals surface area (Å²) in [5.74, 6) is 0.315. The predicted octanol–water partition coefficient (Wildman–Crippen LogP) is 2.98. The van der Waals surface area contributed by atoms with Crippen molar-refractivity contribution in [2.45, 2.75) is 36.8 Å². The summed E-state index contributed by atoms with van der Waals surface area (Å²) in [4.78, 5) is 11.1. The second-order valence-corrected chi connectivity index (χ2v) is 9.50. The van der Waals surface area contributed by atoms with E-state index in [9.17, 15) is 8.42 Å². The molecule has 2 aromatic heterocycles. The molecule has 9 heteroatoms. The molecule has 0 spiro atoms. The fraction of sp³-hybridized carbons (Fsp3) is 0.368. The van der Waals surface area contributed by atoms with E-state index in [1.807, 2.05) is 0 Å². The summed E-state index contributed by atoms with van der Waals surface area (Å²) in [5, 5.41) is 7.73. The van der Waals surface area contributed by atoms with E-state index in [1.54, 1.807) is 50.5 Å². The Balaban J connectivity index is 1.60. The Bertz CT molecular complexity index is 1070. The van der Waals surface area contributed by atoms with Crippen LogP contribution in [0.2, 0.25) is 0 Å². The van der Waals surface area contributed by atoms with Crippen LogP contribution in [-0.2, 0) is 9.84 Å². The number of hydrogen-bond acceptors (Lipinski definition) is 8. The van der Waals surface area contributed by atoms with Crippen LogP contribution in [0.1, 0.15) is 26.7 Å². The van der Waals surface area contributed by atoms with Crippen LogP contribution in [0.25, 0.3) is 22.8 Å². The molecule has 0 radical (unpaired) electrons. The average Bonchev–Trinajstić information content (AvgIpc) is 3.40. The van der Waals surface area contributed by atoms with Crippen molar-refractivity contribution in [1.82, 2.24) is 20.2 Å². The third-order valence-electron chi connectivity index (χ3n) is 4.74. The summed E-state index contributed by atoms with van der Waals surface area (Å²) < 4.78 is 30.3. The first-order valence-electron chi connectivity index (χ1n) is 9.20. The van der Waals surface area contributed by atoms with Crippen LogP contribution in [0.4, 0.5) is 6.01 Å². The lowest BCUT2D eigenvalue weighted by Crippen LogP contribution is -2.17. The summed E-state index contributed by atoms with van der Waals surface area (Å²) in [6.07, 6.45) is 5.43. The van der Waals surface area contributed by atoms with E-state index < -0.39 is 15.1 Å². The molecule has 1 saturated heterocycles. The largest absolute Gasteiger partial charge is 0.401 e. The van der Waals surface area contributed by atoms with Gasteiger partial charge >= 0.3 is 6.01 Å². The van der Waals surface area contributed by atoms with Crippen LogP contribution in [0.5, 0.6) is 0 Å². The zero-order valence-electron chi connectivity index (χ0n) is 15.7. The number of hydrogen-bond donors (Lipinski definition) is 0. The Labute approximate surface area is 163 Å². The summed E-state index contributed by atoms with van der Waals surface area (Å²) in [7, 11) is -3.31. The van der Waals surface area contributed by atoms with Crippen molar-refractivity contribution >= 4 is 15.9 Å². The Morgan fingerprint density at radius 1 is 1.00 bits per heavy atom. The summed E-state index contributed by atoms with van der Waals surface area (Å²) >= 11 is 0. The van der Waals surface area contributed by atoms with Gasteiger partial charge in [-0.1, -0.05) is 17.2 Å². The van der Waals surface area contributed by atoms with Gasteiger partial charge in [-0.15, -0.1) is 5.10 Å². The van der Waals surface area contributed by atoms with Crippen LogP contribution in [-0.4, -0.2) is 46.9 Å². The van der Waals surface area contributed by atoms with Gasteiger partial charge in [-0.25, -0.2) is 13.4 Å². The first-order valence-corrected chi connectivity index (χ1v) is 10.7. The van der Waals surface area contributed by atoms with Crippen molar-refractivity contribution in [1.29, 1.82) is 0 Å². The van der Waals surface area contributed by atoms with Gasteiger partial charge in [0.05, 0.1) is 28.2 Å². The van der Waals surface area contributed by atoms with Crippen LogP contribution in [0.3, 0.4) is 0 Å². The second-order valence-electron chi connectivity index (χ2n) is 6.99. The second kappa shape index (κ2) is 7.31. The minimum absolute atomic E-state index is 0.294. The van der Waals surface area contributed by atoms with Gasteiger partial charge in [-0.2, -0.15) is 0 Å². The molecule has 4 rings (SSSR count). The number of anilines is 1. The molecule has 3 heterocycles. The van der Waals surface area contributed by atoms with Gasteiger partial charge in [0.25, 0.3) is 5.89 Å². The normalized spacial score (nSPS) is 14.8. The lowest BCUT2D eigenvalue weighted by Gasteiger charge is -2.09. The van der Waals surface area contributed by atoms with Crippen molar-refractivity contribution in [3.8, 4) is 22.8 Å². The molecule has 0 atom stereocenters. The summed E-state index contributed by atoms with van der Waals surface area (Å²) in [6.45, 7) is 5.16. The molecule has 1 aliphatic rings. The Kier molecular flexibility index (Phi) is 4.84. The maximum absolute atomic E-state index is 12.3. The van der Waals surface area contributed by atoms with Gasteiger partial charge in [0, 0.05) is 18.7 Å². The summed E-state index contributed by atoms with van der Waals surface area (Å²) in [5.41, 5.74) is 1.84. The highest BCUT2D eigenvalue weighted by Crippen LogP contribution is 2.26. The number of nitrogens with zero attached hydrogens (tertiary/aromatic N) is 5. The standard InChI is InChI=1S/C19H21N5O3S/c1-13(2)28(25,26)15-7-5-14(6-8-15)16-11-20-12-17(21-16)18-22-23-19(27-18)24-9-3-4-10-24/h5-8,11-13H,3-4,9-10H2,1-2H3. The van der Waals surface area contributed by atoms with E-state index >= 15 is 0 Å². The van der Waals surface area contributed by atoms with Gasteiger partial charge < -0.3 is 9.32 Å². The molecule has 1 fully saturated rings. The highest BCUT2D eigenvalue weighted by atomic mass is 32.2. The first kappa shape index (κ1) is 18.5. The van der Waals surface area contributed by atoms with Gasteiger partial charge in [-0.3, -0.25) is 4.98 Å². The molecule has 1 aliphatic heterocycles. The molecule has 28 heavy (non-hydrogen) atoms. The third kappa shape index (κ3) is 3.49. The van der Waals surface area contributed by atoms with E-state index in [0.717, 1.165) is 31.5 Å². The van der Waals surface area contributed by atoms with Crippen LogP contribution in [0.15, 0.2) is 46.0 Å². The number of benzene rings is 1. The Hall–Kier alpha value is -2.81. The van der Waals surface area contributed by atoms with E-state index in [-0.39, 0.29) is 0 Å². The molecule has 0 aliphatic carbocycles. The molecule has 0 amide bonds. The number of rotatable bonds is 5. The first-order chi connectivity index (χ1) is 13.4. The Morgan fingerprint density at radius 3 is 2.36 bits per heavy atom. The van der Waals surface area contributed by atoms with E-state index in [0.29, 0.717) is 28.2 Å². The molecule has 3 aromatic rings. The van der Waals surface area contributed by atoms with E-state index in [1.165, 1.54) is 0 Å². The van der Waals surface area contributed by atoms with Crippen molar-refractivity contribution in [3.63, 3.8) is 0 Å². The van der Waals surface area contributed by atoms with Crippen LogP contribution in [0, 0.1) is 0 Å². The van der Waals surface area contributed by atoms with E-state index in [2.05, 4.69) is 25.1 Å². The monoisotopic (exact) mass is 399 g/mol. The van der Waals surface area contributed by atoms with Gasteiger partial charge in [0.1, 0.15) is 5.69 Å². The molecule has 0 N–H and O–H groups in total. The van der Waals surface area contributed by atoms with Crippen molar-refractivity contribution < 1.29 is 12.8 Å². The van der Waals surface area contributed by atoms with Gasteiger partial charge in [0.2, 0.25) is 0 Å². The van der Waals surface area contributed by atoms with Crippen molar-refractivity contribution in [2.24, 2.45) is 0 Å². The average molecular weight is 399 g/mol. The molecule has 1 aromatic carbocycles. The maximum atomic E-state index is 12.3. The molecule has 146 valence electrons. The molecular formula is C19H21N5O3S. The fourth-order valence-electron chi connectivity index (χ4n) is 3.05. The van der Waals surface area contributed by atoms with Crippen molar-refractivity contribution in [3.05, 3.63) is 36.7 Å². The molecule has 8 nitrogen and oxygen atoms in total. The zero-order chi connectivity index (χ0) is 19.7. The number of sulfone groups is 1. The highest BCUT2D eigenvalue weighted by molar-refractivity contribution is 7.92. The maximum Gasteiger partial charge on any atom is 0.318 e. The zero-order valence-corrected chi connectivity index (χ0v) is 16.6. The lowest BCUT2D eigenvalue weighted by molar-refractivity contribution is 0.555. The van der Waals surface area contributed by atoms with E-state index in [4.69, 9.17) is 4.42 Å². The molecule has 0 unspecified atom stereocenters. The topological polar surface area (TPSA) is 102 Å². The van der Waals surface area contributed by atoms with Crippen molar-refractivity contribution in [2.75, 3.05) is 18.0 Å². The SMILES string of the molecule is CC(C)S(=O)(=O)c1ccc(-c2cncc(-c3nnc(N4CCCC4)o3)n2)cc1. The minimum atomic E-state index is -3.31. The third-order valence-corrected chi connectivity index (χ3v) is 6.91. The lowest BCUT2D eigenvalue weighted by atomic mass is 10.1. The van der Waals surface area contributed by atoms with Crippen LogP contribution < -0.4 is 4.90 Å². The number of aromatic nitrogens is 4. The van der Waals surface area contributed by atoms with Gasteiger partial charge in [-0.05, 0) is 38.8 Å². The molecule has 0 saturated carbocycles. The fourth-order valence-corrected chi connectivity index (χ4v) is 4.11. The summed E-state index contributed by atoms with van der Waals surface area (Å²) in [6, 6.07) is 7.15. The van der Waals surface area contributed by atoms with Crippen LogP contribution >= 0.6 is 0 Å². The minimum Gasteiger partial charge on any atom is -0.401 e. The van der Waals surface area contributed by atoms with Gasteiger partial charge in [0.15, 0.2) is 9.84 Å². The quantitative estimate of drug-likeness (QED) is 0.645. The predicted molar refractivity (Wildman–Crippen MR) is 105 cm³/mol. The highest BCUT2D eigenvalue weighted by Gasteiger charge is 2.21. The smallest absolute Gasteiger partial charge is 0.318 e. The molecule has 0 bridgehead atoms. The Morgan fingerprint density at radius 2 is 1.68 bits per heavy atom.